The average Bonchev–Trinajstić information content (AvgIpc) is 3.21. The van der Waals surface area contributed by atoms with E-state index in [-0.39, 0.29) is 18.1 Å². The number of aromatic nitrogens is 5. The lowest BCUT2D eigenvalue weighted by Crippen LogP contribution is -2.49. The van der Waals surface area contributed by atoms with E-state index in [1.54, 1.807) is 23.6 Å². The second-order valence-electron chi connectivity index (χ2n) is 7.85. The minimum Gasteiger partial charge on any atom is -0.353 e. The molecule has 0 aliphatic carbocycles. The van der Waals surface area contributed by atoms with Crippen molar-refractivity contribution in [3.8, 4) is 0 Å². The van der Waals surface area contributed by atoms with Crippen LogP contribution in [0.15, 0.2) is 18.3 Å². The Hall–Kier alpha value is -3.45. The molecule has 4 rings (SSSR count). The van der Waals surface area contributed by atoms with Gasteiger partial charge in [0.1, 0.15) is 5.82 Å². The number of pyridine rings is 1. The molecule has 1 fully saturated rings. The van der Waals surface area contributed by atoms with Crippen molar-refractivity contribution in [2.45, 2.75) is 32.6 Å². The van der Waals surface area contributed by atoms with Crippen LogP contribution < -0.4 is 4.90 Å². The second-order valence-corrected chi connectivity index (χ2v) is 7.85. The van der Waals surface area contributed by atoms with Crippen molar-refractivity contribution in [1.82, 2.24) is 29.5 Å². The minimum absolute atomic E-state index is 0.0830. The zero-order valence-corrected chi connectivity index (χ0v) is 18.1. The first-order valence-electron chi connectivity index (χ1n) is 10.2. The highest BCUT2D eigenvalue weighted by atomic mass is 19.4. The maximum Gasteiger partial charge on any atom is 0.453 e. The van der Waals surface area contributed by atoms with Crippen LogP contribution >= 0.6 is 0 Å². The molecule has 1 aliphatic rings. The lowest BCUT2D eigenvalue weighted by atomic mass is 10.1. The molecule has 0 saturated carbocycles. The van der Waals surface area contributed by atoms with Crippen molar-refractivity contribution in [2.75, 3.05) is 31.1 Å². The molecule has 1 saturated heterocycles. The Kier molecular flexibility index (Phi) is 5.85. The summed E-state index contributed by atoms with van der Waals surface area (Å²) in [5, 5.41) is 3.48. The fourth-order valence-corrected chi connectivity index (χ4v) is 3.77. The molecule has 0 aromatic carbocycles. The van der Waals surface area contributed by atoms with Crippen LogP contribution in [0.2, 0.25) is 0 Å². The molecule has 3 aromatic heterocycles. The fourth-order valence-electron chi connectivity index (χ4n) is 3.77. The number of rotatable bonds is 3. The SMILES string of the molecule is Cc1nc2nc(C(F)(F)F)nn2c(C)c1CC(=O)N1CCN(c2ccc(C(F)(F)F)cn2)CC1. The highest BCUT2D eigenvalue weighted by molar-refractivity contribution is 5.79. The van der Waals surface area contributed by atoms with Crippen molar-refractivity contribution in [3.63, 3.8) is 0 Å². The minimum atomic E-state index is -4.72. The van der Waals surface area contributed by atoms with E-state index in [1.807, 2.05) is 0 Å². The van der Waals surface area contributed by atoms with Crippen LogP contribution in [0.3, 0.4) is 0 Å². The summed E-state index contributed by atoms with van der Waals surface area (Å²) in [6.45, 7) is 4.52. The predicted octanol–water partition coefficient (Wildman–Crippen LogP) is 3.07. The Labute approximate surface area is 189 Å². The normalized spacial score (nSPS) is 15.3. The molecule has 0 spiro atoms. The largest absolute Gasteiger partial charge is 0.453 e. The summed E-state index contributed by atoms with van der Waals surface area (Å²) >= 11 is 0. The number of amides is 1. The van der Waals surface area contributed by atoms with Crippen LogP contribution in [-0.2, 0) is 23.6 Å². The van der Waals surface area contributed by atoms with E-state index in [1.165, 1.54) is 6.07 Å². The van der Waals surface area contributed by atoms with Crippen molar-refractivity contribution < 1.29 is 31.1 Å². The summed E-state index contributed by atoms with van der Waals surface area (Å²) < 4.78 is 78.0. The number of aryl methyl sites for hydroxylation is 2. The molecule has 8 nitrogen and oxygen atoms in total. The molecule has 14 heteroatoms. The van der Waals surface area contributed by atoms with E-state index in [0.717, 1.165) is 16.8 Å². The third kappa shape index (κ3) is 4.61. The Morgan fingerprint density at radius 3 is 2.21 bits per heavy atom. The van der Waals surface area contributed by atoms with E-state index < -0.39 is 23.7 Å². The van der Waals surface area contributed by atoms with E-state index in [4.69, 9.17) is 0 Å². The van der Waals surface area contributed by atoms with E-state index in [0.29, 0.717) is 48.9 Å². The van der Waals surface area contributed by atoms with Crippen LogP contribution in [0.25, 0.3) is 5.78 Å². The number of piperazine rings is 1. The summed E-state index contributed by atoms with van der Waals surface area (Å²) in [5.41, 5.74) is 0.345. The van der Waals surface area contributed by atoms with Gasteiger partial charge in [-0.2, -0.15) is 31.3 Å². The van der Waals surface area contributed by atoms with Crippen LogP contribution in [0, 0.1) is 13.8 Å². The third-order valence-corrected chi connectivity index (χ3v) is 5.66. The topological polar surface area (TPSA) is 79.5 Å². The number of carbonyl (C=O) groups excluding carboxylic acids is 1. The summed E-state index contributed by atoms with van der Waals surface area (Å²) in [5.74, 6) is -1.37. The van der Waals surface area contributed by atoms with Gasteiger partial charge in [0.15, 0.2) is 0 Å². The molecule has 0 radical (unpaired) electrons. The zero-order valence-electron chi connectivity index (χ0n) is 18.1. The lowest BCUT2D eigenvalue weighted by Gasteiger charge is -2.35. The monoisotopic (exact) mass is 487 g/mol. The number of nitrogens with zero attached hydrogens (tertiary/aromatic N) is 7. The molecule has 4 heterocycles. The number of anilines is 1. The predicted molar refractivity (Wildman–Crippen MR) is 107 cm³/mol. The number of hydrogen-bond acceptors (Lipinski definition) is 6. The van der Waals surface area contributed by atoms with Crippen LogP contribution in [0.4, 0.5) is 32.2 Å². The van der Waals surface area contributed by atoms with Crippen LogP contribution in [0.1, 0.15) is 28.3 Å². The molecule has 0 unspecified atom stereocenters. The standard InChI is InChI=1S/C20H19F6N7O/c1-11-14(12(2)33-18(28-11)29-17(30-33)20(24,25)26)9-16(34)32-7-5-31(6-8-32)15-4-3-13(10-27-15)19(21,22)23/h3-4,10H,5-9H2,1-2H3. The summed E-state index contributed by atoms with van der Waals surface area (Å²) in [6.07, 6.45) is -8.49. The molecule has 0 N–H and O–H groups in total. The summed E-state index contributed by atoms with van der Waals surface area (Å²) in [4.78, 5) is 27.6. The summed E-state index contributed by atoms with van der Waals surface area (Å²) in [6, 6.07) is 2.25. The zero-order chi connectivity index (χ0) is 24.8. The number of fused-ring (bicyclic) bond motifs is 1. The van der Waals surface area contributed by atoms with Gasteiger partial charge in [-0.15, -0.1) is 5.10 Å². The van der Waals surface area contributed by atoms with Crippen molar-refractivity contribution in [3.05, 3.63) is 46.7 Å². The van der Waals surface area contributed by atoms with Gasteiger partial charge in [-0.1, -0.05) is 0 Å². The molecule has 3 aromatic rings. The Balaban J connectivity index is 1.44. The van der Waals surface area contributed by atoms with Crippen LogP contribution in [0.5, 0.6) is 0 Å². The van der Waals surface area contributed by atoms with Gasteiger partial charge in [0.05, 0.1) is 12.0 Å². The first kappa shape index (κ1) is 23.7. The Morgan fingerprint density at radius 2 is 1.65 bits per heavy atom. The smallest absolute Gasteiger partial charge is 0.353 e. The average molecular weight is 487 g/mol. The fraction of sp³-hybridized carbons (Fsp3) is 0.450. The van der Waals surface area contributed by atoms with E-state index in [2.05, 4.69) is 20.1 Å². The third-order valence-electron chi connectivity index (χ3n) is 5.66. The Bertz CT molecular complexity index is 1210. The first-order chi connectivity index (χ1) is 15.8. The number of hydrogen-bond donors (Lipinski definition) is 0. The first-order valence-corrected chi connectivity index (χ1v) is 10.2. The number of alkyl halides is 6. The molecule has 0 atom stereocenters. The Morgan fingerprint density at radius 1 is 0.971 bits per heavy atom. The van der Waals surface area contributed by atoms with Gasteiger partial charge in [-0.25, -0.2) is 14.5 Å². The molecular weight excluding hydrogens is 468 g/mol. The van der Waals surface area contributed by atoms with Gasteiger partial charge in [0.2, 0.25) is 5.91 Å². The molecule has 182 valence electrons. The van der Waals surface area contributed by atoms with Gasteiger partial charge in [-0.3, -0.25) is 4.79 Å². The second kappa shape index (κ2) is 8.40. The molecule has 34 heavy (non-hydrogen) atoms. The van der Waals surface area contributed by atoms with Gasteiger partial charge in [-0.05, 0) is 26.0 Å². The van der Waals surface area contributed by atoms with Crippen molar-refractivity contribution in [2.24, 2.45) is 0 Å². The number of carbonyl (C=O) groups is 1. The number of halogens is 6. The highest BCUT2D eigenvalue weighted by Crippen LogP contribution is 2.30. The quantitative estimate of drug-likeness (QED) is 0.529. The molecule has 0 bridgehead atoms. The molecular formula is C20H19F6N7O. The van der Waals surface area contributed by atoms with Crippen LogP contribution in [-0.4, -0.2) is 61.6 Å². The van der Waals surface area contributed by atoms with Gasteiger partial charge < -0.3 is 9.80 Å². The van der Waals surface area contributed by atoms with Gasteiger partial charge in [0, 0.05) is 49.3 Å². The van der Waals surface area contributed by atoms with Crippen molar-refractivity contribution in [1.29, 1.82) is 0 Å². The van der Waals surface area contributed by atoms with Crippen molar-refractivity contribution >= 4 is 17.5 Å². The lowest BCUT2D eigenvalue weighted by molar-refractivity contribution is -0.144. The van der Waals surface area contributed by atoms with E-state index >= 15 is 0 Å². The maximum atomic E-state index is 13.0. The van der Waals surface area contributed by atoms with Gasteiger partial charge >= 0.3 is 12.4 Å². The maximum absolute atomic E-state index is 13.0. The van der Waals surface area contributed by atoms with E-state index in [9.17, 15) is 31.1 Å². The highest BCUT2D eigenvalue weighted by Gasteiger charge is 2.37. The molecule has 1 aliphatic heterocycles. The summed E-state index contributed by atoms with van der Waals surface area (Å²) in [7, 11) is 0. The molecule has 1 amide bonds. The van der Waals surface area contributed by atoms with Gasteiger partial charge in [0.25, 0.3) is 11.6 Å².